The summed E-state index contributed by atoms with van der Waals surface area (Å²) in [4.78, 5) is 22.8. The van der Waals surface area contributed by atoms with Gasteiger partial charge in [0.2, 0.25) is 0 Å². The highest BCUT2D eigenvalue weighted by atomic mass is 19.1. The van der Waals surface area contributed by atoms with Crippen LogP contribution in [0.5, 0.6) is 11.5 Å². The van der Waals surface area contributed by atoms with E-state index < -0.39 is 23.6 Å². The summed E-state index contributed by atoms with van der Waals surface area (Å²) in [6.45, 7) is 0. The molecule has 0 aromatic heterocycles. The van der Waals surface area contributed by atoms with Gasteiger partial charge in [-0.15, -0.1) is 0 Å². The van der Waals surface area contributed by atoms with Crippen molar-refractivity contribution in [3.8, 4) is 11.5 Å². The quantitative estimate of drug-likeness (QED) is 0.429. The maximum absolute atomic E-state index is 14.0. The Balaban J connectivity index is 0.000000668. The van der Waals surface area contributed by atoms with Crippen LogP contribution < -0.4 is 15.2 Å². The predicted molar refractivity (Wildman–Crippen MR) is 108 cm³/mol. The van der Waals surface area contributed by atoms with Gasteiger partial charge >= 0.3 is 11.9 Å². The van der Waals surface area contributed by atoms with E-state index in [1.807, 2.05) is 0 Å². The molecule has 2 N–H and O–H groups in total. The molecule has 164 valence electrons. The van der Waals surface area contributed by atoms with Gasteiger partial charge < -0.3 is 24.7 Å². The van der Waals surface area contributed by atoms with Crippen molar-refractivity contribution < 1.29 is 40.3 Å². The van der Waals surface area contributed by atoms with Crippen LogP contribution in [0.3, 0.4) is 0 Å². The van der Waals surface area contributed by atoms with Crippen molar-refractivity contribution in [2.24, 2.45) is 0 Å². The molecule has 0 aliphatic carbocycles. The fraction of sp³-hybridized carbons (Fsp3) is 0.238. The van der Waals surface area contributed by atoms with Crippen LogP contribution in [-0.2, 0) is 25.5 Å². The fourth-order valence-electron chi connectivity index (χ4n) is 2.26. The Morgan fingerprint density at radius 3 is 2.03 bits per heavy atom. The number of carbonyl (C=O) groups excluding carboxylic acids is 2. The van der Waals surface area contributed by atoms with Crippen molar-refractivity contribution in [2.75, 3.05) is 34.2 Å². The Morgan fingerprint density at radius 2 is 1.53 bits per heavy atom. The number of nitrogen functional groups attached to an aromatic ring is 1. The molecule has 0 spiro atoms. The van der Waals surface area contributed by atoms with Crippen LogP contribution in [0.4, 0.5) is 14.5 Å². The standard InChI is InChI=1S/C14H15FO5.C7H8FNO.H2/c1-18-11-6-4-5-9(13(11)15)7-10(14(17)20-3)8-12(16)19-2;1-10-6-4-2-3-5(9)7(6)8;/h4-6,8H,7H2,1-3H3;2-4H,9H2,1H3;1H/b10-8+;;/i;;1+1D. The monoisotopic (exact) mass is 427 g/mol. The number of hydrogen-bond acceptors (Lipinski definition) is 7. The number of nitrogens with two attached hydrogens (primary N) is 1. The summed E-state index contributed by atoms with van der Waals surface area (Å²) in [5.74, 6) is -2.28. The molecule has 7 nitrogen and oxygen atoms in total. The second kappa shape index (κ2) is 12.1. The summed E-state index contributed by atoms with van der Waals surface area (Å²) in [7, 11) is 5.10. The highest BCUT2D eigenvalue weighted by Gasteiger charge is 2.17. The maximum Gasteiger partial charge on any atom is 0.334 e. The summed E-state index contributed by atoms with van der Waals surface area (Å²) in [5, 5.41) is 0. The first-order valence-corrected chi connectivity index (χ1v) is 8.55. The van der Waals surface area contributed by atoms with Gasteiger partial charge in [-0.3, -0.25) is 0 Å². The van der Waals surface area contributed by atoms with E-state index in [0.29, 0.717) is 0 Å². The van der Waals surface area contributed by atoms with E-state index >= 15 is 0 Å². The summed E-state index contributed by atoms with van der Waals surface area (Å²) in [6.07, 6.45) is 0.871. The number of rotatable bonds is 6. The summed E-state index contributed by atoms with van der Waals surface area (Å²) in [5.41, 5.74) is 5.56. The van der Waals surface area contributed by atoms with Gasteiger partial charge in [-0.1, -0.05) is 18.2 Å². The number of halogens is 2. The van der Waals surface area contributed by atoms with Gasteiger partial charge in [-0.05, 0) is 23.8 Å². The third-order valence-corrected chi connectivity index (χ3v) is 3.80. The minimum absolute atomic E-state index is 0.00787. The van der Waals surface area contributed by atoms with Crippen LogP contribution in [0.15, 0.2) is 48.0 Å². The molecule has 9 heteroatoms. The molecule has 0 saturated carbocycles. The second-order valence-corrected chi connectivity index (χ2v) is 5.66. The van der Waals surface area contributed by atoms with Crippen LogP contribution >= 0.6 is 0 Å². The Hall–Kier alpha value is -3.62. The number of carbonyl (C=O) groups is 2. The van der Waals surface area contributed by atoms with E-state index in [1.165, 1.54) is 52.7 Å². The van der Waals surface area contributed by atoms with E-state index in [9.17, 15) is 18.4 Å². The second-order valence-electron chi connectivity index (χ2n) is 5.66. The fourth-order valence-corrected chi connectivity index (χ4v) is 2.26. The van der Waals surface area contributed by atoms with Crippen molar-refractivity contribution in [3.05, 3.63) is 65.2 Å². The van der Waals surface area contributed by atoms with Crippen LogP contribution in [0.1, 0.15) is 8.53 Å². The van der Waals surface area contributed by atoms with Gasteiger partial charge in [0.25, 0.3) is 0 Å². The molecule has 0 saturated heterocycles. The lowest BCUT2D eigenvalue weighted by molar-refractivity contribution is -0.138. The normalized spacial score (nSPS) is 10.7. The lowest BCUT2D eigenvalue weighted by Crippen LogP contribution is -2.11. The SMILES string of the molecule is COC(=O)/C=C(\Cc1cccc(OC)c1F)C(=O)OC.COc1cccc(N)c1F.[2H][2H]. The minimum Gasteiger partial charge on any atom is -0.494 e. The lowest BCUT2D eigenvalue weighted by Gasteiger charge is -2.09. The van der Waals surface area contributed by atoms with Crippen LogP contribution in [0.25, 0.3) is 0 Å². The maximum atomic E-state index is 14.0. The van der Waals surface area contributed by atoms with E-state index in [0.717, 1.165) is 6.08 Å². The third-order valence-electron chi connectivity index (χ3n) is 3.80. The molecular formula is C21H25F2NO6. The summed E-state index contributed by atoms with van der Waals surface area (Å²) in [6, 6.07) is 9.18. The zero-order valence-electron chi connectivity index (χ0n) is 19.0. The van der Waals surface area contributed by atoms with Crippen molar-refractivity contribution in [1.82, 2.24) is 0 Å². The van der Waals surface area contributed by atoms with Crippen molar-refractivity contribution >= 4 is 17.6 Å². The third kappa shape index (κ3) is 6.77. The minimum atomic E-state index is -0.724. The molecule has 0 heterocycles. The van der Waals surface area contributed by atoms with Gasteiger partial charge in [0.05, 0.1) is 34.1 Å². The molecule has 2 aromatic rings. The molecule has 0 fully saturated rings. The topological polar surface area (TPSA) is 97.1 Å². The highest BCUT2D eigenvalue weighted by molar-refractivity contribution is 5.96. The van der Waals surface area contributed by atoms with E-state index in [-0.39, 0.29) is 34.7 Å². The molecule has 0 radical (unpaired) electrons. The Labute approximate surface area is 176 Å². The van der Waals surface area contributed by atoms with Gasteiger partial charge in [-0.2, -0.15) is 0 Å². The summed E-state index contributed by atoms with van der Waals surface area (Å²) < 4.78 is 55.3. The first-order chi connectivity index (χ1) is 15.3. The molecule has 0 bridgehead atoms. The van der Waals surface area contributed by atoms with E-state index in [4.69, 9.17) is 13.4 Å². The number of benzene rings is 2. The molecule has 0 atom stereocenters. The molecular weight excluding hydrogens is 400 g/mol. The Bertz CT molecular complexity index is 925. The highest BCUT2D eigenvalue weighted by Crippen LogP contribution is 2.23. The van der Waals surface area contributed by atoms with Crippen molar-refractivity contribution in [3.63, 3.8) is 0 Å². The van der Waals surface area contributed by atoms with Gasteiger partial charge in [0.1, 0.15) is 0 Å². The van der Waals surface area contributed by atoms with Crippen LogP contribution in [-0.4, -0.2) is 40.4 Å². The number of methoxy groups -OCH3 is 4. The number of esters is 2. The van der Waals surface area contributed by atoms with Gasteiger partial charge in [0.15, 0.2) is 23.1 Å². The first kappa shape index (κ1) is 22.7. The molecule has 0 aliphatic heterocycles. The molecule has 2 rings (SSSR count). The lowest BCUT2D eigenvalue weighted by atomic mass is 10.0. The number of anilines is 1. The van der Waals surface area contributed by atoms with Crippen molar-refractivity contribution in [2.45, 2.75) is 6.42 Å². The first-order valence-electron chi connectivity index (χ1n) is 9.55. The zero-order valence-corrected chi connectivity index (χ0v) is 17.0. The van der Waals surface area contributed by atoms with Crippen molar-refractivity contribution in [1.29, 1.82) is 0 Å². The zero-order chi connectivity index (χ0) is 24.7. The smallest absolute Gasteiger partial charge is 0.334 e. The molecule has 0 unspecified atom stereocenters. The largest absolute Gasteiger partial charge is 0.494 e. The Morgan fingerprint density at radius 1 is 0.967 bits per heavy atom. The molecule has 0 aliphatic rings. The number of ether oxygens (including phenoxy) is 4. The van der Waals surface area contributed by atoms with Gasteiger partial charge in [0, 0.05) is 21.0 Å². The van der Waals surface area contributed by atoms with Gasteiger partial charge in [-0.25, -0.2) is 18.4 Å². The molecule has 30 heavy (non-hydrogen) atoms. The van der Waals surface area contributed by atoms with Crippen LogP contribution in [0, 0.1) is 11.6 Å². The van der Waals surface area contributed by atoms with Crippen LogP contribution in [0.2, 0.25) is 0 Å². The Kier molecular flexibility index (Phi) is 9.11. The number of hydrogen-bond donors (Lipinski definition) is 1. The molecule has 0 amide bonds. The molecule has 2 aromatic carbocycles. The average Bonchev–Trinajstić information content (AvgIpc) is 2.82. The van der Waals surface area contributed by atoms with E-state index in [2.05, 4.69) is 14.2 Å². The summed E-state index contributed by atoms with van der Waals surface area (Å²) >= 11 is 0. The average molecular weight is 427 g/mol. The van der Waals surface area contributed by atoms with E-state index in [1.54, 1.807) is 12.1 Å². The predicted octanol–water partition coefficient (Wildman–Crippen LogP) is 3.31.